The lowest BCUT2D eigenvalue weighted by molar-refractivity contribution is -0.132. The highest BCUT2D eigenvalue weighted by molar-refractivity contribution is 5.95. The minimum absolute atomic E-state index is 0.173. The van der Waals surface area contributed by atoms with Gasteiger partial charge in [0, 0.05) is 37.4 Å². The molecule has 0 fully saturated rings. The molecule has 0 bridgehead atoms. The molecule has 2 aromatic carbocycles. The van der Waals surface area contributed by atoms with Crippen molar-refractivity contribution in [1.82, 2.24) is 5.32 Å². The normalized spacial score (nSPS) is 18.1. The van der Waals surface area contributed by atoms with E-state index in [9.17, 15) is 14.0 Å². The van der Waals surface area contributed by atoms with Gasteiger partial charge in [-0.2, -0.15) is 0 Å². The second-order valence-electron chi connectivity index (χ2n) is 6.23. The van der Waals surface area contributed by atoms with Crippen LogP contribution in [0.5, 0.6) is 11.5 Å². The second kappa shape index (κ2) is 8.11. The average Bonchev–Trinajstić information content (AvgIpc) is 2.64. The number of anilines is 1. The Morgan fingerprint density at radius 3 is 2.34 bits per heavy atom. The Labute approximate surface area is 166 Å². The molecule has 0 spiro atoms. The summed E-state index contributed by atoms with van der Waals surface area (Å²) < 4.78 is 24.7. The molecule has 1 heterocycles. The minimum Gasteiger partial charge on any atom is -0.427 e. The van der Waals surface area contributed by atoms with Gasteiger partial charge in [0.15, 0.2) is 11.5 Å². The predicted octanol–water partition coefficient (Wildman–Crippen LogP) is 2.53. The number of nitrogens with one attached hydrogen (secondary N) is 2. The molecule has 1 unspecified atom stereocenters. The lowest BCUT2D eigenvalue weighted by Crippen LogP contribution is -2.44. The molecule has 3 rings (SSSR count). The van der Waals surface area contributed by atoms with Gasteiger partial charge in [0.25, 0.3) is 0 Å². The largest absolute Gasteiger partial charge is 0.427 e. The predicted molar refractivity (Wildman–Crippen MR) is 105 cm³/mol. The van der Waals surface area contributed by atoms with Crippen molar-refractivity contribution in [2.24, 2.45) is 10.7 Å². The zero-order valence-corrected chi connectivity index (χ0v) is 15.7. The number of halogens is 1. The van der Waals surface area contributed by atoms with Crippen LogP contribution in [0.15, 0.2) is 65.6 Å². The number of ether oxygens (including phenoxy) is 2. The average molecular weight is 398 g/mol. The lowest BCUT2D eigenvalue weighted by Gasteiger charge is -2.29. The molecule has 0 saturated heterocycles. The molecular formula is C20H19FN4O4. The van der Waals surface area contributed by atoms with Crippen LogP contribution in [0.2, 0.25) is 0 Å². The molecule has 4 N–H and O–H groups in total. The third kappa shape index (κ3) is 4.77. The van der Waals surface area contributed by atoms with E-state index in [1.54, 1.807) is 42.5 Å². The van der Waals surface area contributed by atoms with Crippen molar-refractivity contribution >= 4 is 23.6 Å². The SMILES string of the molecule is CC(=O)Oc1cccc(NC2=NC(N)(c3cccc(OC(C)=O)c3)C(F)=CN2)c1. The smallest absolute Gasteiger partial charge is 0.308 e. The highest BCUT2D eigenvalue weighted by atomic mass is 19.1. The fourth-order valence-corrected chi connectivity index (χ4v) is 2.67. The van der Waals surface area contributed by atoms with E-state index >= 15 is 0 Å². The highest BCUT2D eigenvalue weighted by Gasteiger charge is 2.36. The summed E-state index contributed by atoms with van der Waals surface area (Å²) in [5.41, 5.74) is 5.26. The quantitative estimate of drug-likeness (QED) is 0.535. The summed E-state index contributed by atoms with van der Waals surface area (Å²) in [4.78, 5) is 26.5. The summed E-state index contributed by atoms with van der Waals surface area (Å²) in [6, 6.07) is 12.8. The van der Waals surface area contributed by atoms with Crippen LogP contribution < -0.4 is 25.8 Å². The number of carbonyl (C=O) groups is 2. The van der Waals surface area contributed by atoms with Gasteiger partial charge < -0.3 is 20.1 Å². The molecule has 0 aliphatic carbocycles. The molecule has 1 atom stereocenters. The maximum absolute atomic E-state index is 14.6. The van der Waals surface area contributed by atoms with Crippen molar-refractivity contribution in [2.45, 2.75) is 19.5 Å². The van der Waals surface area contributed by atoms with Crippen LogP contribution in [0, 0.1) is 0 Å². The fraction of sp³-hybridized carbons (Fsp3) is 0.150. The first-order chi connectivity index (χ1) is 13.8. The van der Waals surface area contributed by atoms with Crippen LogP contribution in [0.4, 0.5) is 10.1 Å². The van der Waals surface area contributed by atoms with Crippen LogP contribution in [0.3, 0.4) is 0 Å². The number of carbonyl (C=O) groups excluding carboxylic acids is 2. The summed E-state index contributed by atoms with van der Waals surface area (Å²) in [5.74, 6) is -0.941. The van der Waals surface area contributed by atoms with E-state index in [0.29, 0.717) is 17.0 Å². The van der Waals surface area contributed by atoms with Gasteiger partial charge in [0.05, 0.1) is 0 Å². The van der Waals surface area contributed by atoms with Gasteiger partial charge in [0.2, 0.25) is 5.96 Å². The maximum atomic E-state index is 14.6. The molecule has 9 heteroatoms. The van der Waals surface area contributed by atoms with Crippen molar-refractivity contribution in [2.75, 3.05) is 5.32 Å². The molecule has 8 nitrogen and oxygen atoms in total. The van der Waals surface area contributed by atoms with Crippen molar-refractivity contribution in [3.63, 3.8) is 0 Å². The van der Waals surface area contributed by atoms with E-state index in [1.807, 2.05) is 0 Å². The number of nitrogens with two attached hydrogens (primary N) is 1. The highest BCUT2D eigenvalue weighted by Crippen LogP contribution is 2.33. The monoisotopic (exact) mass is 398 g/mol. The fourth-order valence-electron chi connectivity index (χ4n) is 2.67. The zero-order chi connectivity index (χ0) is 21.0. The van der Waals surface area contributed by atoms with Crippen molar-refractivity contribution in [1.29, 1.82) is 0 Å². The zero-order valence-electron chi connectivity index (χ0n) is 15.7. The Balaban J connectivity index is 1.88. The molecule has 0 aromatic heterocycles. The van der Waals surface area contributed by atoms with E-state index in [2.05, 4.69) is 15.6 Å². The Hall–Kier alpha value is -3.72. The third-order valence-corrected chi connectivity index (χ3v) is 3.88. The topological polar surface area (TPSA) is 115 Å². The molecule has 0 radical (unpaired) electrons. The molecule has 29 heavy (non-hydrogen) atoms. The lowest BCUT2D eigenvalue weighted by atomic mass is 9.98. The first-order valence-corrected chi connectivity index (χ1v) is 8.62. The van der Waals surface area contributed by atoms with E-state index < -0.39 is 23.4 Å². The van der Waals surface area contributed by atoms with Crippen LogP contribution in [0.25, 0.3) is 0 Å². The Kier molecular flexibility index (Phi) is 5.60. The number of hydrogen-bond donors (Lipinski definition) is 3. The minimum atomic E-state index is -1.82. The van der Waals surface area contributed by atoms with Crippen molar-refractivity contribution < 1.29 is 23.5 Å². The van der Waals surface area contributed by atoms with Crippen molar-refractivity contribution in [3.8, 4) is 11.5 Å². The van der Waals surface area contributed by atoms with Crippen LogP contribution in [0.1, 0.15) is 19.4 Å². The van der Waals surface area contributed by atoms with Gasteiger partial charge in [-0.05, 0) is 24.3 Å². The number of hydrogen-bond acceptors (Lipinski definition) is 8. The Morgan fingerprint density at radius 2 is 1.69 bits per heavy atom. The molecule has 1 aliphatic heterocycles. The van der Waals surface area contributed by atoms with E-state index in [0.717, 1.165) is 6.20 Å². The number of benzene rings is 2. The molecule has 0 amide bonds. The summed E-state index contributed by atoms with van der Waals surface area (Å²) in [6.07, 6.45) is 1.09. The van der Waals surface area contributed by atoms with Crippen LogP contribution in [-0.4, -0.2) is 17.9 Å². The third-order valence-electron chi connectivity index (χ3n) is 3.88. The Bertz CT molecular complexity index is 1020. The number of nitrogens with zero attached hydrogens (tertiary/aromatic N) is 1. The second-order valence-corrected chi connectivity index (χ2v) is 6.23. The summed E-state index contributed by atoms with van der Waals surface area (Å²) in [5, 5.41) is 5.64. The van der Waals surface area contributed by atoms with Crippen LogP contribution >= 0.6 is 0 Å². The number of guanidine groups is 1. The van der Waals surface area contributed by atoms with Crippen molar-refractivity contribution in [3.05, 3.63) is 66.1 Å². The van der Waals surface area contributed by atoms with Gasteiger partial charge >= 0.3 is 11.9 Å². The number of esters is 2. The molecule has 1 aliphatic rings. The van der Waals surface area contributed by atoms with Gasteiger partial charge in [-0.15, -0.1) is 0 Å². The van der Waals surface area contributed by atoms with Gasteiger partial charge in [-0.1, -0.05) is 18.2 Å². The van der Waals surface area contributed by atoms with Gasteiger partial charge in [-0.25, -0.2) is 9.38 Å². The summed E-state index contributed by atoms with van der Waals surface area (Å²) in [6.45, 7) is 2.56. The number of rotatable bonds is 4. The first-order valence-electron chi connectivity index (χ1n) is 8.62. The van der Waals surface area contributed by atoms with E-state index in [-0.39, 0.29) is 11.7 Å². The molecular weight excluding hydrogens is 379 g/mol. The van der Waals surface area contributed by atoms with E-state index in [4.69, 9.17) is 15.2 Å². The summed E-state index contributed by atoms with van der Waals surface area (Å²) in [7, 11) is 0. The standard InChI is InChI=1S/C20H19FN4O4/c1-12(26)28-16-7-3-5-14(9-16)20(22)18(21)11-23-19(25-20)24-15-6-4-8-17(10-15)29-13(2)27/h3-11H,22H2,1-2H3,(H2,23,24,25). The van der Waals surface area contributed by atoms with Crippen LogP contribution in [-0.2, 0) is 15.3 Å². The first kappa shape index (κ1) is 20.0. The van der Waals surface area contributed by atoms with Gasteiger partial charge in [0.1, 0.15) is 11.5 Å². The molecule has 150 valence electrons. The van der Waals surface area contributed by atoms with E-state index in [1.165, 1.54) is 19.9 Å². The molecule has 0 saturated carbocycles. The van der Waals surface area contributed by atoms with Gasteiger partial charge in [-0.3, -0.25) is 15.3 Å². The summed E-state index contributed by atoms with van der Waals surface area (Å²) >= 11 is 0. The number of aliphatic imine (C=N–C) groups is 1. The molecule has 2 aromatic rings. The Morgan fingerprint density at radius 1 is 1.07 bits per heavy atom. The maximum Gasteiger partial charge on any atom is 0.308 e.